The molecule has 2 nitrogen and oxygen atoms in total. The number of fused-ring (bicyclic) bond motifs is 1. The summed E-state index contributed by atoms with van der Waals surface area (Å²) in [6.07, 6.45) is 5.81. The van der Waals surface area contributed by atoms with Gasteiger partial charge in [0.15, 0.2) is 5.75 Å². The molecule has 1 aliphatic heterocycles. The van der Waals surface area contributed by atoms with Crippen LogP contribution in [0.25, 0.3) is 0 Å². The van der Waals surface area contributed by atoms with Gasteiger partial charge in [0.05, 0.1) is 11.4 Å². The highest BCUT2D eigenvalue weighted by Gasteiger charge is 2.29. The molecule has 0 fully saturated rings. The number of allylic oxidation sites excluding steroid dienone is 3. The zero-order valence-electron chi connectivity index (χ0n) is 16.3. The monoisotopic (exact) mass is 345 g/mol. The molecule has 2 heteroatoms. The Bertz CT molecular complexity index is 897. The van der Waals surface area contributed by atoms with Crippen molar-refractivity contribution in [3.63, 3.8) is 0 Å². The van der Waals surface area contributed by atoms with E-state index in [0.717, 1.165) is 28.6 Å². The second kappa shape index (κ2) is 6.87. The lowest BCUT2D eigenvalue weighted by atomic mass is 9.86. The highest BCUT2D eigenvalue weighted by Crippen LogP contribution is 2.45. The summed E-state index contributed by atoms with van der Waals surface area (Å²) >= 11 is 0. The van der Waals surface area contributed by atoms with Gasteiger partial charge in [0, 0.05) is 5.69 Å². The summed E-state index contributed by atoms with van der Waals surface area (Å²) in [7, 11) is 0. The lowest BCUT2D eigenvalue weighted by Gasteiger charge is -2.36. The quantitative estimate of drug-likeness (QED) is 0.593. The van der Waals surface area contributed by atoms with E-state index in [4.69, 9.17) is 4.74 Å². The van der Waals surface area contributed by atoms with E-state index in [-0.39, 0.29) is 5.41 Å². The fraction of sp³-hybridized carbons (Fsp3) is 0.250. The minimum atomic E-state index is 0.0693. The molecule has 0 unspecified atom stereocenters. The van der Waals surface area contributed by atoms with Crippen molar-refractivity contribution in [3.05, 3.63) is 89.9 Å². The molecule has 2 aromatic rings. The van der Waals surface area contributed by atoms with Gasteiger partial charge in [-0.3, -0.25) is 0 Å². The van der Waals surface area contributed by atoms with Gasteiger partial charge in [-0.2, -0.15) is 0 Å². The Morgan fingerprint density at radius 3 is 2.46 bits per heavy atom. The molecule has 0 spiro atoms. The van der Waals surface area contributed by atoms with Crippen molar-refractivity contribution in [2.45, 2.75) is 40.0 Å². The Balaban J connectivity index is 2.25. The van der Waals surface area contributed by atoms with Crippen LogP contribution in [0.3, 0.4) is 0 Å². The third-order valence-corrected chi connectivity index (χ3v) is 4.58. The van der Waals surface area contributed by atoms with Crippen LogP contribution in [0.5, 0.6) is 5.75 Å². The van der Waals surface area contributed by atoms with E-state index in [1.54, 1.807) is 6.08 Å². The van der Waals surface area contributed by atoms with Gasteiger partial charge in [-0.05, 0) is 66.8 Å². The molecule has 134 valence electrons. The highest BCUT2D eigenvalue weighted by atomic mass is 16.5. The zero-order chi connectivity index (χ0) is 18.9. The minimum Gasteiger partial charge on any atom is -0.453 e. The van der Waals surface area contributed by atoms with E-state index in [9.17, 15) is 0 Å². The molecular formula is C24H27NO. The molecule has 1 heterocycles. The van der Waals surface area contributed by atoms with Crippen molar-refractivity contribution in [1.29, 1.82) is 0 Å². The molecule has 2 aromatic carbocycles. The molecule has 0 aromatic heterocycles. The molecule has 0 amide bonds. The lowest BCUT2D eigenvalue weighted by Crippen LogP contribution is -2.26. The number of aryl methyl sites for hydroxylation is 1. The van der Waals surface area contributed by atoms with Gasteiger partial charge in [-0.1, -0.05) is 51.6 Å². The summed E-state index contributed by atoms with van der Waals surface area (Å²) in [5, 5.41) is 0. The van der Waals surface area contributed by atoms with Crippen LogP contribution in [-0.2, 0) is 5.41 Å². The molecule has 0 aliphatic carbocycles. The standard InChI is InChI=1S/C24H27NO/c1-7-10-20-22(8-2)26-23-16-18(24(4,5)6)13-14-21(23)25(20)19-12-9-11-17(3)15-19/h7-16H,1H2,2-6H3/b20-10+,22-8+. The third kappa shape index (κ3) is 3.32. The van der Waals surface area contributed by atoms with Gasteiger partial charge < -0.3 is 9.64 Å². The SMILES string of the molecule is C=C/C=C1\C(=C/C)Oc2cc(C(C)(C)C)ccc2N1c1cccc(C)c1. The van der Waals surface area contributed by atoms with Crippen molar-refractivity contribution in [2.24, 2.45) is 0 Å². The van der Waals surface area contributed by atoms with E-state index in [1.165, 1.54) is 11.1 Å². The Morgan fingerprint density at radius 1 is 1.08 bits per heavy atom. The van der Waals surface area contributed by atoms with Gasteiger partial charge in [0.2, 0.25) is 0 Å². The topological polar surface area (TPSA) is 12.5 Å². The van der Waals surface area contributed by atoms with Gasteiger partial charge >= 0.3 is 0 Å². The maximum atomic E-state index is 6.27. The first-order chi connectivity index (χ1) is 12.3. The molecule has 0 N–H and O–H groups in total. The molecule has 0 radical (unpaired) electrons. The Hall–Kier alpha value is -2.74. The summed E-state index contributed by atoms with van der Waals surface area (Å²) < 4.78 is 6.27. The second-order valence-electron chi connectivity index (χ2n) is 7.65. The molecular weight excluding hydrogens is 318 g/mol. The van der Waals surface area contributed by atoms with E-state index in [0.29, 0.717) is 0 Å². The van der Waals surface area contributed by atoms with Crippen molar-refractivity contribution >= 4 is 11.4 Å². The summed E-state index contributed by atoms with van der Waals surface area (Å²) in [4.78, 5) is 2.25. The first-order valence-electron chi connectivity index (χ1n) is 9.03. The summed E-state index contributed by atoms with van der Waals surface area (Å²) in [6, 6.07) is 15.0. The Labute approximate surface area is 157 Å². The van der Waals surface area contributed by atoms with E-state index in [1.807, 2.05) is 19.1 Å². The first kappa shape index (κ1) is 18.1. The Morgan fingerprint density at radius 2 is 1.85 bits per heavy atom. The molecule has 1 aliphatic rings. The summed E-state index contributed by atoms with van der Waals surface area (Å²) in [5.74, 6) is 1.72. The lowest BCUT2D eigenvalue weighted by molar-refractivity contribution is 0.420. The van der Waals surface area contributed by atoms with Crippen LogP contribution in [0.2, 0.25) is 0 Å². The minimum absolute atomic E-state index is 0.0693. The van der Waals surface area contributed by atoms with E-state index < -0.39 is 0 Å². The van der Waals surface area contributed by atoms with Crippen molar-refractivity contribution in [1.82, 2.24) is 0 Å². The maximum Gasteiger partial charge on any atom is 0.151 e. The van der Waals surface area contributed by atoms with Crippen LogP contribution in [0.4, 0.5) is 11.4 Å². The average molecular weight is 345 g/mol. The molecule has 0 saturated carbocycles. The third-order valence-electron chi connectivity index (χ3n) is 4.58. The fourth-order valence-electron chi connectivity index (χ4n) is 3.18. The predicted octanol–water partition coefficient (Wildman–Crippen LogP) is 6.80. The summed E-state index contributed by atoms with van der Waals surface area (Å²) in [5.41, 5.74) is 5.70. The van der Waals surface area contributed by atoms with Crippen LogP contribution in [-0.4, -0.2) is 0 Å². The van der Waals surface area contributed by atoms with Gasteiger partial charge in [0.25, 0.3) is 0 Å². The van der Waals surface area contributed by atoms with Crippen LogP contribution in [0.1, 0.15) is 38.8 Å². The van der Waals surface area contributed by atoms with Gasteiger partial charge in [-0.15, -0.1) is 0 Å². The van der Waals surface area contributed by atoms with Crippen LogP contribution in [0.15, 0.2) is 78.7 Å². The number of ether oxygens (including phenoxy) is 1. The number of anilines is 2. The predicted molar refractivity (Wildman–Crippen MR) is 111 cm³/mol. The van der Waals surface area contributed by atoms with Crippen molar-refractivity contribution in [3.8, 4) is 5.75 Å². The average Bonchev–Trinajstić information content (AvgIpc) is 2.60. The molecule has 0 saturated heterocycles. The maximum absolute atomic E-state index is 6.27. The van der Waals surface area contributed by atoms with E-state index in [2.05, 4.69) is 81.6 Å². The number of hydrogen-bond donors (Lipinski definition) is 0. The second-order valence-corrected chi connectivity index (χ2v) is 7.65. The molecule has 0 atom stereocenters. The molecule has 0 bridgehead atoms. The zero-order valence-corrected chi connectivity index (χ0v) is 16.3. The van der Waals surface area contributed by atoms with Crippen LogP contribution < -0.4 is 9.64 Å². The Kier molecular flexibility index (Phi) is 4.78. The largest absolute Gasteiger partial charge is 0.453 e. The number of benzene rings is 2. The molecule has 3 rings (SSSR count). The highest BCUT2D eigenvalue weighted by molar-refractivity contribution is 5.79. The normalized spacial score (nSPS) is 17.2. The van der Waals surface area contributed by atoms with Crippen molar-refractivity contribution < 1.29 is 4.74 Å². The molecule has 26 heavy (non-hydrogen) atoms. The van der Waals surface area contributed by atoms with Crippen LogP contribution in [0, 0.1) is 6.92 Å². The number of nitrogens with zero attached hydrogens (tertiary/aromatic N) is 1. The first-order valence-corrected chi connectivity index (χ1v) is 9.03. The van der Waals surface area contributed by atoms with Gasteiger partial charge in [0.1, 0.15) is 5.76 Å². The van der Waals surface area contributed by atoms with Gasteiger partial charge in [-0.25, -0.2) is 0 Å². The smallest absolute Gasteiger partial charge is 0.151 e. The number of rotatable bonds is 2. The number of hydrogen-bond acceptors (Lipinski definition) is 2. The van der Waals surface area contributed by atoms with E-state index >= 15 is 0 Å². The van der Waals surface area contributed by atoms with Crippen LogP contribution >= 0.6 is 0 Å². The van der Waals surface area contributed by atoms with Crippen molar-refractivity contribution in [2.75, 3.05) is 4.90 Å². The fourth-order valence-corrected chi connectivity index (χ4v) is 3.18. The summed E-state index contributed by atoms with van der Waals surface area (Å²) in [6.45, 7) is 14.7.